The summed E-state index contributed by atoms with van der Waals surface area (Å²) in [6.45, 7) is 1.40. The molecule has 26 heavy (non-hydrogen) atoms. The molecule has 3 rings (SSSR count). The lowest BCUT2D eigenvalue weighted by Crippen LogP contribution is -2.19. The van der Waals surface area contributed by atoms with Crippen molar-refractivity contribution in [3.8, 4) is 5.88 Å². The number of nitrogens with zero attached hydrogens (tertiary/aromatic N) is 5. The van der Waals surface area contributed by atoms with Crippen LogP contribution in [0.4, 0.5) is 17.2 Å². The maximum Gasteiger partial charge on any atom is 0.213 e. The second-order valence-corrected chi connectivity index (χ2v) is 6.85. The van der Waals surface area contributed by atoms with Gasteiger partial charge in [-0.2, -0.15) is 0 Å². The minimum atomic E-state index is 0.330. The smallest absolute Gasteiger partial charge is 0.213 e. The molecule has 0 fully saturated rings. The molecule has 0 bridgehead atoms. The van der Waals surface area contributed by atoms with Gasteiger partial charge in [0, 0.05) is 34.1 Å². The number of nitrogen functional groups attached to an aromatic ring is 1. The van der Waals surface area contributed by atoms with Gasteiger partial charge in [0.1, 0.15) is 18.0 Å². The molecule has 0 amide bonds. The van der Waals surface area contributed by atoms with Gasteiger partial charge in [0.2, 0.25) is 5.88 Å². The first-order valence-electron chi connectivity index (χ1n) is 8.02. The monoisotopic (exact) mass is 414 g/mol. The number of likely N-dealkylation sites (N-methyl/N-ethyl adjacent to an activating group) is 1. The highest BCUT2D eigenvalue weighted by molar-refractivity contribution is 9.10. The molecular formula is C18H19BrN6O. The van der Waals surface area contributed by atoms with E-state index in [0.29, 0.717) is 29.7 Å². The predicted molar refractivity (Wildman–Crippen MR) is 106 cm³/mol. The summed E-state index contributed by atoms with van der Waals surface area (Å²) >= 11 is 3.46. The molecule has 2 heterocycles. The zero-order valence-electron chi connectivity index (χ0n) is 14.6. The van der Waals surface area contributed by atoms with Crippen molar-refractivity contribution in [1.82, 2.24) is 14.9 Å². The number of azo groups is 1. The number of rotatable bonds is 6. The van der Waals surface area contributed by atoms with E-state index in [2.05, 4.69) is 36.1 Å². The Bertz CT molecular complexity index is 922. The molecule has 0 spiro atoms. The van der Waals surface area contributed by atoms with Crippen LogP contribution in [0.1, 0.15) is 0 Å². The fraction of sp³-hybridized carbons (Fsp3) is 0.222. The molecule has 134 valence electrons. The maximum absolute atomic E-state index is 5.98. The Morgan fingerprint density at radius 1 is 1.12 bits per heavy atom. The minimum Gasteiger partial charge on any atom is -0.476 e. The van der Waals surface area contributed by atoms with Gasteiger partial charge in [-0.25, -0.2) is 9.97 Å². The Morgan fingerprint density at radius 2 is 1.96 bits per heavy atom. The second-order valence-electron chi connectivity index (χ2n) is 5.93. The van der Waals surface area contributed by atoms with Gasteiger partial charge >= 0.3 is 0 Å². The molecule has 8 heteroatoms. The Morgan fingerprint density at radius 3 is 2.69 bits per heavy atom. The standard InChI is InChI=1S/C18H19BrN6O/c1-25(2)7-8-26-16-6-5-14(11-21-16)23-24-17-15-9-13(19)4-3-12(15)10-22-18(17)20/h3-6,9-11H,7-8H2,1-2H3,(H2,20,22). The average Bonchev–Trinajstić information content (AvgIpc) is 2.62. The quantitative estimate of drug-likeness (QED) is 0.606. The summed E-state index contributed by atoms with van der Waals surface area (Å²) in [5, 5.41) is 10.3. The SMILES string of the molecule is CN(C)CCOc1ccc(N=Nc2c(N)ncc3ccc(Br)cc23)cn1. The Balaban J connectivity index is 1.79. The number of benzene rings is 1. The third kappa shape index (κ3) is 4.53. The average molecular weight is 415 g/mol. The van der Waals surface area contributed by atoms with E-state index >= 15 is 0 Å². The van der Waals surface area contributed by atoms with E-state index in [1.165, 1.54) is 0 Å². The summed E-state index contributed by atoms with van der Waals surface area (Å²) in [6, 6.07) is 9.41. The van der Waals surface area contributed by atoms with E-state index in [9.17, 15) is 0 Å². The number of nitrogens with two attached hydrogens (primary N) is 1. The highest BCUT2D eigenvalue weighted by atomic mass is 79.9. The van der Waals surface area contributed by atoms with Gasteiger partial charge in [0.05, 0.1) is 6.20 Å². The van der Waals surface area contributed by atoms with Crippen LogP contribution in [0.15, 0.2) is 57.4 Å². The lowest BCUT2D eigenvalue weighted by atomic mass is 10.1. The number of hydrogen-bond acceptors (Lipinski definition) is 7. The lowest BCUT2D eigenvalue weighted by molar-refractivity contribution is 0.254. The van der Waals surface area contributed by atoms with E-state index in [4.69, 9.17) is 10.5 Å². The van der Waals surface area contributed by atoms with E-state index in [0.717, 1.165) is 21.8 Å². The molecule has 0 saturated heterocycles. The van der Waals surface area contributed by atoms with Crippen LogP contribution in [0.25, 0.3) is 10.8 Å². The molecule has 2 aromatic heterocycles. The zero-order chi connectivity index (χ0) is 18.5. The molecule has 0 saturated carbocycles. The molecule has 0 aliphatic heterocycles. The molecule has 0 unspecified atom stereocenters. The van der Waals surface area contributed by atoms with E-state index < -0.39 is 0 Å². The Labute approximate surface area is 160 Å². The summed E-state index contributed by atoms with van der Waals surface area (Å²) in [7, 11) is 3.99. The summed E-state index contributed by atoms with van der Waals surface area (Å²) in [6.07, 6.45) is 3.33. The molecule has 7 nitrogen and oxygen atoms in total. The van der Waals surface area contributed by atoms with Gasteiger partial charge in [-0.15, -0.1) is 10.2 Å². The van der Waals surface area contributed by atoms with Gasteiger partial charge in [-0.1, -0.05) is 22.0 Å². The van der Waals surface area contributed by atoms with Crippen molar-refractivity contribution in [3.63, 3.8) is 0 Å². The number of fused-ring (bicyclic) bond motifs is 1. The van der Waals surface area contributed by atoms with Crippen molar-refractivity contribution < 1.29 is 4.74 Å². The van der Waals surface area contributed by atoms with Crippen molar-refractivity contribution in [2.45, 2.75) is 0 Å². The van der Waals surface area contributed by atoms with Crippen molar-refractivity contribution in [3.05, 3.63) is 47.2 Å². The van der Waals surface area contributed by atoms with Crippen LogP contribution in [0.3, 0.4) is 0 Å². The number of halogens is 1. The zero-order valence-corrected chi connectivity index (χ0v) is 16.1. The van der Waals surface area contributed by atoms with Crippen molar-refractivity contribution in [1.29, 1.82) is 0 Å². The van der Waals surface area contributed by atoms with Crippen molar-refractivity contribution in [2.24, 2.45) is 10.2 Å². The van der Waals surface area contributed by atoms with E-state index in [-0.39, 0.29) is 0 Å². The predicted octanol–water partition coefficient (Wildman–Crippen LogP) is 4.33. The van der Waals surface area contributed by atoms with Crippen LogP contribution < -0.4 is 10.5 Å². The molecule has 2 N–H and O–H groups in total. The normalized spacial score (nSPS) is 11.5. The van der Waals surface area contributed by atoms with Crippen LogP contribution in [0.5, 0.6) is 5.88 Å². The summed E-state index contributed by atoms with van der Waals surface area (Å²) in [4.78, 5) is 10.5. The van der Waals surface area contributed by atoms with Gasteiger partial charge < -0.3 is 15.4 Å². The van der Waals surface area contributed by atoms with E-state index in [1.54, 1.807) is 24.5 Å². The van der Waals surface area contributed by atoms with Crippen molar-refractivity contribution in [2.75, 3.05) is 33.0 Å². The van der Waals surface area contributed by atoms with Gasteiger partial charge in [0.15, 0.2) is 5.82 Å². The van der Waals surface area contributed by atoms with Crippen LogP contribution in [0, 0.1) is 0 Å². The lowest BCUT2D eigenvalue weighted by Gasteiger charge is -2.10. The fourth-order valence-corrected chi connectivity index (χ4v) is 2.61. The van der Waals surface area contributed by atoms with E-state index in [1.807, 2.05) is 37.2 Å². The number of anilines is 1. The summed E-state index contributed by atoms with van der Waals surface area (Å²) < 4.78 is 6.50. The first-order valence-corrected chi connectivity index (χ1v) is 8.81. The molecule has 0 aliphatic rings. The van der Waals surface area contributed by atoms with Crippen molar-refractivity contribution >= 4 is 43.9 Å². The first kappa shape index (κ1) is 18.2. The van der Waals surface area contributed by atoms with Gasteiger partial charge in [-0.05, 0) is 32.3 Å². The largest absolute Gasteiger partial charge is 0.476 e. The van der Waals surface area contributed by atoms with Crippen LogP contribution in [-0.2, 0) is 0 Å². The molecule has 0 atom stereocenters. The maximum atomic E-state index is 5.98. The van der Waals surface area contributed by atoms with Gasteiger partial charge in [0.25, 0.3) is 0 Å². The van der Waals surface area contributed by atoms with Crippen LogP contribution in [0.2, 0.25) is 0 Å². The topological polar surface area (TPSA) is 89.0 Å². The Hall–Kier alpha value is -2.58. The number of hydrogen-bond donors (Lipinski definition) is 1. The minimum absolute atomic E-state index is 0.330. The second kappa shape index (κ2) is 8.20. The molecule has 0 aliphatic carbocycles. The molecule has 1 aromatic carbocycles. The molecular weight excluding hydrogens is 396 g/mol. The highest BCUT2D eigenvalue weighted by Gasteiger charge is 2.07. The summed E-state index contributed by atoms with van der Waals surface area (Å²) in [5.74, 6) is 0.886. The third-order valence-electron chi connectivity index (χ3n) is 3.63. The first-order chi connectivity index (χ1) is 12.5. The van der Waals surface area contributed by atoms with Gasteiger partial charge in [-0.3, -0.25) is 0 Å². The number of pyridine rings is 2. The summed E-state index contributed by atoms with van der Waals surface area (Å²) in [5.41, 5.74) is 7.13. The molecule has 3 aromatic rings. The fourth-order valence-electron chi connectivity index (χ4n) is 2.25. The highest BCUT2D eigenvalue weighted by Crippen LogP contribution is 2.33. The molecule has 0 radical (unpaired) electrons. The Kier molecular flexibility index (Phi) is 5.75. The third-order valence-corrected chi connectivity index (χ3v) is 4.12. The number of aromatic nitrogens is 2. The van der Waals surface area contributed by atoms with Crippen LogP contribution >= 0.6 is 15.9 Å². The number of ether oxygens (including phenoxy) is 1. The van der Waals surface area contributed by atoms with Crippen LogP contribution in [-0.4, -0.2) is 42.1 Å².